The van der Waals surface area contributed by atoms with Crippen LogP contribution in [0.25, 0.3) is 0 Å². The summed E-state index contributed by atoms with van der Waals surface area (Å²) in [6.45, 7) is 2.65. The van der Waals surface area contributed by atoms with Gasteiger partial charge in [0, 0.05) is 31.1 Å². The second-order valence-corrected chi connectivity index (χ2v) is 4.54. The van der Waals surface area contributed by atoms with E-state index in [9.17, 15) is 14.9 Å². The minimum atomic E-state index is -0.426. The van der Waals surface area contributed by atoms with Crippen molar-refractivity contribution >= 4 is 24.0 Å². The number of nitro benzene ring substituents is 1. The second kappa shape index (κ2) is 8.50. The van der Waals surface area contributed by atoms with E-state index in [1.165, 1.54) is 11.0 Å². The molecule has 0 saturated carbocycles. The first-order valence-electron chi connectivity index (χ1n) is 6.09. The molecule has 112 valence electrons. The number of carbonyl (C=O) groups excluding carboxylic acids is 1. The van der Waals surface area contributed by atoms with Crippen LogP contribution in [0.2, 0.25) is 0 Å². The molecular formula is C13H20ClN3O3. The van der Waals surface area contributed by atoms with Gasteiger partial charge in [-0.2, -0.15) is 0 Å². The Morgan fingerprint density at radius 3 is 2.60 bits per heavy atom. The van der Waals surface area contributed by atoms with E-state index in [0.717, 1.165) is 0 Å². The molecule has 0 aromatic heterocycles. The van der Waals surface area contributed by atoms with Crippen LogP contribution in [0.1, 0.15) is 12.5 Å². The van der Waals surface area contributed by atoms with Crippen molar-refractivity contribution in [3.8, 4) is 0 Å². The Balaban J connectivity index is 0.00000361. The molecule has 0 fully saturated rings. The predicted octanol–water partition coefficient (Wildman–Crippen LogP) is 1.83. The topological polar surface area (TPSA) is 75.5 Å². The molecule has 1 amide bonds. The van der Waals surface area contributed by atoms with Gasteiger partial charge in [0.2, 0.25) is 5.91 Å². The van der Waals surface area contributed by atoms with Crippen LogP contribution in [0.4, 0.5) is 5.69 Å². The number of carbonyl (C=O) groups is 1. The van der Waals surface area contributed by atoms with Gasteiger partial charge < -0.3 is 10.2 Å². The van der Waals surface area contributed by atoms with E-state index in [-0.39, 0.29) is 36.5 Å². The summed E-state index contributed by atoms with van der Waals surface area (Å²) in [6.07, 6.45) is 0. The van der Waals surface area contributed by atoms with Gasteiger partial charge in [0.05, 0.1) is 11.5 Å². The highest BCUT2D eigenvalue weighted by atomic mass is 35.5. The molecule has 0 spiro atoms. The van der Waals surface area contributed by atoms with Crippen molar-refractivity contribution in [3.63, 3.8) is 0 Å². The summed E-state index contributed by atoms with van der Waals surface area (Å²) in [7, 11) is 3.44. The number of nitro groups is 1. The number of benzene rings is 1. The van der Waals surface area contributed by atoms with E-state index in [4.69, 9.17) is 0 Å². The zero-order valence-corrected chi connectivity index (χ0v) is 12.6. The van der Waals surface area contributed by atoms with E-state index in [1.807, 2.05) is 6.92 Å². The van der Waals surface area contributed by atoms with E-state index in [1.54, 1.807) is 32.3 Å². The summed E-state index contributed by atoms with van der Waals surface area (Å²) in [5.74, 6) is -0.190. The van der Waals surface area contributed by atoms with Crippen LogP contribution < -0.4 is 5.32 Å². The maximum absolute atomic E-state index is 12.0. The molecule has 1 aromatic carbocycles. The Morgan fingerprint density at radius 2 is 2.05 bits per heavy atom. The summed E-state index contributed by atoms with van der Waals surface area (Å²) in [5, 5.41) is 13.8. The maximum atomic E-state index is 12.0. The summed E-state index contributed by atoms with van der Waals surface area (Å²) in [5.41, 5.74) is 0.587. The van der Waals surface area contributed by atoms with Gasteiger partial charge in [-0.3, -0.25) is 14.9 Å². The van der Waals surface area contributed by atoms with Crippen LogP contribution in [0.15, 0.2) is 24.3 Å². The second-order valence-electron chi connectivity index (χ2n) is 4.54. The summed E-state index contributed by atoms with van der Waals surface area (Å²) < 4.78 is 0. The minimum absolute atomic E-state index is 0. The van der Waals surface area contributed by atoms with Gasteiger partial charge >= 0.3 is 0 Å². The third kappa shape index (κ3) is 4.79. The summed E-state index contributed by atoms with van der Waals surface area (Å²) >= 11 is 0. The molecule has 1 rings (SSSR count). The van der Waals surface area contributed by atoms with E-state index < -0.39 is 4.92 Å². The van der Waals surface area contributed by atoms with Crippen LogP contribution >= 0.6 is 12.4 Å². The number of para-hydroxylation sites is 1. The molecule has 0 aliphatic rings. The van der Waals surface area contributed by atoms with Crippen LogP contribution in [0.5, 0.6) is 0 Å². The summed E-state index contributed by atoms with van der Waals surface area (Å²) in [6, 6.07) is 6.47. The van der Waals surface area contributed by atoms with Crippen molar-refractivity contribution < 1.29 is 9.72 Å². The highest BCUT2D eigenvalue weighted by Crippen LogP contribution is 2.19. The normalized spacial score (nSPS) is 11.3. The van der Waals surface area contributed by atoms with Crippen molar-refractivity contribution in [2.45, 2.75) is 13.5 Å². The number of amides is 1. The molecule has 0 radical (unpaired) electrons. The first kappa shape index (κ1) is 18.3. The van der Waals surface area contributed by atoms with Gasteiger partial charge in [-0.1, -0.05) is 25.1 Å². The predicted molar refractivity (Wildman–Crippen MR) is 79.9 cm³/mol. The number of halogens is 1. The van der Waals surface area contributed by atoms with Gasteiger partial charge in [0.15, 0.2) is 0 Å². The van der Waals surface area contributed by atoms with Crippen molar-refractivity contribution in [1.29, 1.82) is 0 Å². The smallest absolute Gasteiger partial charge is 0.274 e. The fourth-order valence-electron chi connectivity index (χ4n) is 1.93. The molecule has 6 nitrogen and oxygen atoms in total. The fourth-order valence-corrected chi connectivity index (χ4v) is 1.93. The molecular weight excluding hydrogens is 282 g/mol. The third-order valence-corrected chi connectivity index (χ3v) is 2.90. The molecule has 1 N–H and O–H groups in total. The van der Waals surface area contributed by atoms with Gasteiger partial charge in [-0.15, -0.1) is 12.4 Å². The zero-order valence-electron chi connectivity index (χ0n) is 11.8. The highest BCUT2D eigenvalue weighted by Gasteiger charge is 2.20. The minimum Gasteiger partial charge on any atom is -0.341 e. The monoisotopic (exact) mass is 301 g/mol. The lowest BCUT2D eigenvalue weighted by atomic mass is 10.1. The van der Waals surface area contributed by atoms with Gasteiger partial charge in [-0.05, 0) is 7.05 Å². The molecule has 1 unspecified atom stereocenters. The first-order valence-corrected chi connectivity index (χ1v) is 6.09. The molecule has 0 heterocycles. The average molecular weight is 302 g/mol. The fraction of sp³-hybridized carbons (Fsp3) is 0.462. The van der Waals surface area contributed by atoms with Crippen LogP contribution in [-0.2, 0) is 11.3 Å². The number of hydrogen-bond donors (Lipinski definition) is 1. The van der Waals surface area contributed by atoms with E-state index in [2.05, 4.69) is 5.32 Å². The standard InChI is InChI=1S/C13H19N3O3.ClH/c1-10(8-14-2)13(17)15(3)9-11-6-4-5-7-12(11)16(18)19;/h4-7,10,14H,8-9H2,1-3H3;1H. The Kier molecular flexibility index (Phi) is 7.79. The molecule has 0 aliphatic carbocycles. The Morgan fingerprint density at radius 1 is 1.45 bits per heavy atom. The lowest BCUT2D eigenvalue weighted by molar-refractivity contribution is -0.385. The molecule has 0 saturated heterocycles. The van der Waals surface area contributed by atoms with Crippen LogP contribution in [0, 0.1) is 16.0 Å². The Hall–Kier alpha value is -1.66. The first-order chi connectivity index (χ1) is 8.97. The van der Waals surface area contributed by atoms with Gasteiger partial charge in [-0.25, -0.2) is 0 Å². The third-order valence-electron chi connectivity index (χ3n) is 2.90. The van der Waals surface area contributed by atoms with Crippen molar-refractivity contribution in [1.82, 2.24) is 10.2 Å². The maximum Gasteiger partial charge on any atom is 0.274 e. The SMILES string of the molecule is CNCC(C)C(=O)N(C)Cc1ccccc1[N+](=O)[O-].Cl. The lowest BCUT2D eigenvalue weighted by Gasteiger charge is -2.21. The number of hydrogen-bond acceptors (Lipinski definition) is 4. The number of nitrogens with zero attached hydrogens (tertiary/aromatic N) is 2. The van der Waals surface area contributed by atoms with Crippen molar-refractivity contribution in [2.75, 3.05) is 20.6 Å². The molecule has 1 aromatic rings. The van der Waals surface area contributed by atoms with Gasteiger partial charge in [0.1, 0.15) is 0 Å². The quantitative estimate of drug-likeness (QED) is 0.642. The van der Waals surface area contributed by atoms with Crippen LogP contribution in [0.3, 0.4) is 0 Å². The zero-order chi connectivity index (χ0) is 14.4. The molecule has 7 heteroatoms. The van der Waals surface area contributed by atoms with Crippen LogP contribution in [-0.4, -0.2) is 36.4 Å². The van der Waals surface area contributed by atoms with E-state index in [0.29, 0.717) is 12.1 Å². The molecule has 0 bridgehead atoms. The number of rotatable bonds is 6. The van der Waals surface area contributed by atoms with Crippen molar-refractivity contribution in [2.24, 2.45) is 5.92 Å². The molecule has 1 atom stereocenters. The van der Waals surface area contributed by atoms with Gasteiger partial charge in [0.25, 0.3) is 5.69 Å². The average Bonchev–Trinajstić information content (AvgIpc) is 2.38. The molecule has 0 aliphatic heterocycles. The largest absolute Gasteiger partial charge is 0.341 e. The van der Waals surface area contributed by atoms with E-state index >= 15 is 0 Å². The Bertz CT molecular complexity index is 468. The Labute approximate surface area is 124 Å². The number of nitrogens with one attached hydrogen (secondary N) is 1. The van der Waals surface area contributed by atoms with Crippen molar-refractivity contribution in [3.05, 3.63) is 39.9 Å². The summed E-state index contributed by atoms with van der Waals surface area (Å²) in [4.78, 5) is 24.0. The lowest BCUT2D eigenvalue weighted by Crippen LogP contribution is -2.35. The molecule has 20 heavy (non-hydrogen) atoms. The highest BCUT2D eigenvalue weighted by molar-refractivity contribution is 5.85.